The lowest BCUT2D eigenvalue weighted by molar-refractivity contribution is -0.132. The Morgan fingerprint density at radius 3 is 2.04 bits per heavy atom. The zero-order valence-electron chi connectivity index (χ0n) is 16.9. The molecule has 1 saturated heterocycles. The van der Waals surface area contributed by atoms with Gasteiger partial charge in [-0.1, -0.05) is 13.8 Å². The van der Waals surface area contributed by atoms with Crippen LogP contribution >= 0.6 is 0 Å². The SMILES string of the molecule is COc1ccc(C(=O)N2CCN(C(=O)CCC(C)C)CC2)c(OC)c1OC. The van der Waals surface area contributed by atoms with E-state index in [-0.39, 0.29) is 11.8 Å². The van der Waals surface area contributed by atoms with Crippen molar-refractivity contribution in [3.8, 4) is 17.2 Å². The van der Waals surface area contributed by atoms with Gasteiger partial charge in [0, 0.05) is 32.6 Å². The van der Waals surface area contributed by atoms with Gasteiger partial charge in [-0.25, -0.2) is 0 Å². The molecule has 27 heavy (non-hydrogen) atoms. The van der Waals surface area contributed by atoms with Crippen molar-refractivity contribution in [3.05, 3.63) is 17.7 Å². The van der Waals surface area contributed by atoms with E-state index < -0.39 is 0 Å². The van der Waals surface area contributed by atoms with E-state index >= 15 is 0 Å². The second-order valence-electron chi connectivity index (χ2n) is 6.99. The minimum absolute atomic E-state index is 0.137. The van der Waals surface area contributed by atoms with Gasteiger partial charge in [0.25, 0.3) is 5.91 Å². The number of hydrogen-bond donors (Lipinski definition) is 0. The van der Waals surface area contributed by atoms with Gasteiger partial charge >= 0.3 is 0 Å². The molecule has 1 aliphatic rings. The first-order valence-corrected chi connectivity index (χ1v) is 9.28. The van der Waals surface area contributed by atoms with Gasteiger partial charge in [0.2, 0.25) is 11.7 Å². The van der Waals surface area contributed by atoms with Crippen LogP contribution in [0.15, 0.2) is 12.1 Å². The lowest BCUT2D eigenvalue weighted by Crippen LogP contribution is -2.50. The quantitative estimate of drug-likeness (QED) is 0.729. The summed E-state index contributed by atoms with van der Waals surface area (Å²) in [4.78, 5) is 28.9. The molecule has 0 unspecified atom stereocenters. The van der Waals surface area contributed by atoms with Crippen LogP contribution in [0.1, 0.15) is 37.0 Å². The molecule has 7 nitrogen and oxygen atoms in total. The molecule has 0 radical (unpaired) electrons. The average Bonchev–Trinajstić information content (AvgIpc) is 2.70. The smallest absolute Gasteiger partial charge is 0.257 e. The third-order valence-corrected chi connectivity index (χ3v) is 4.79. The van der Waals surface area contributed by atoms with Crippen LogP contribution in [0.25, 0.3) is 0 Å². The Kier molecular flexibility index (Phi) is 7.33. The van der Waals surface area contributed by atoms with E-state index in [1.54, 1.807) is 17.0 Å². The molecule has 1 aliphatic heterocycles. The lowest BCUT2D eigenvalue weighted by atomic mass is 10.1. The van der Waals surface area contributed by atoms with E-state index in [0.717, 1.165) is 6.42 Å². The maximum absolute atomic E-state index is 13.0. The van der Waals surface area contributed by atoms with Crippen molar-refractivity contribution in [2.24, 2.45) is 5.92 Å². The Hall–Kier alpha value is -2.44. The van der Waals surface area contributed by atoms with Crippen molar-refractivity contribution in [1.82, 2.24) is 9.80 Å². The first-order chi connectivity index (χ1) is 12.9. The summed E-state index contributed by atoms with van der Waals surface area (Å²) in [7, 11) is 4.55. The second-order valence-corrected chi connectivity index (χ2v) is 6.99. The summed E-state index contributed by atoms with van der Waals surface area (Å²) >= 11 is 0. The third kappa shape index (κ3) is 4.84. The number of rotatable bonds is 7. The number of carbonyl (C=O) groups is 2. The summed E-state index contributed by atoms with van der Waals surface area (Å²) in [5, 5.41) is 0. The summed E-state index contributed by atoms with van der Waals surface area (Å²) in [5.41, 5.74) is 0.426. The molecule has 1 heterocycles. The Labute approximate surface area is 161 Å². The fourth-order valence-electron chi connectivity index (χ4n) is 3.17. The van der Waals surface area contributed by atoms with E-state index in [0.29, 0.717) is 61.3 Å². The van der Waals surface area contributed by atoms with Crippen LogP contribution in [-0.4, -0.2) is 69.1 Å². The molecule has 0 atom stereocenters. The van der Waals surface area contributed by atoms with Crippen LogP contribution < -0.4 is 14.2 Å². The molecule has 1 aromatic rings. The molecular weight excluding hydrogens is 348 g/mol. The van der Waals surface area contributed by atoms with Crippen molar-refractivity contribution in [2.45, 2.75) is 26.7 Å². The number of ether oxygens (including phenoxy) is 3. The molecule has 0 saturated carbocycles. The molecule has 0 bridgehead atoms. The standard InChI is InChI=1S/C20H30N2O5/c1-14(2)6-9-17(23)21-10-12-22(13-11-21)20(24)15-7-8-16(25-3)19(27-5)18(15)26-4/h7-8,14H,6,9-13H2,1-5H3. The predicted octanol–water partition coefficient (Wildman–Crippen LogP) is 2.43. The van der Waals surface area contributed by atoms with Crippen molar-refractivity contribution >= 4 is 11.8 Å². The molecule has 0 aliphatic carbocycles. The molecule has 0 spiro atoms. The summed E-state index contributed by atoms with van der Waals surface area (Å²) in [5.74, 6) is 1.80. The van der Waals surface area contributed by atoms with Gasteiger partial charge in [-0.3, -0.25) is 9.59 Å². The van der Waals surface area contributed by atoms with Gasteiger partial charge < -0.3 is 24.0 Å². The zero-order chi connectivity index (χ0) is 20.0. The Bertz CT molecular complexity index is 667. The fraction of sp³-hybridized carbons (Fsp3) is 0.600. The minimum atomic E-state index is -0.137. The maximum atomic E-state index is 13.0. The predicted molar refractivity (Wildman–Crippen MR) is 103 cm³/mol. The first-order valence-electron chi connectivity index (χ1n) is 9.28. The molecule has 150 valence electrons. The topological polar surface area (TPSA) is 68.3 Å². The van der Waals surface area contributed by atoms with Crippen LogP contribution in [0.3, 0.4) is 0 Å². The molecule has 1 fully saturated rings. The van der Waals surface area contributed by atoms with E-state index in [4.69, 9.17) is 14.2 Å². The lowest BCUT2D eigenvalue weighted by Gasteiger charge is -2.35. The Balaban J connectivity index is 2.07. The van der Waals surface area contributed by atoms with Crippen molar-refractivity contribution in [2.75, 3.05) is 47.5 Å². The highest BCUT2D eigenvalue weighted by Crippen LogP contribution is 2.40. The monoisotopic (exact) mass is 378 g/mol. The number of hydrogen-bond acceptors (Lipinski definition) is 5. The van der Waals surface area contributed by atoms with Gasteiger partial charge in [-0.05, 0) is 24.5 Å². The number of methoxy groups -OCH3 is 3. The van der Waals surface area contributed by atoms with E-state index in [1.807, 2.05) is 4.90 Å². The molecule has 0 aromatic heterocycles. The second kappa shape index (κ2) is 9.48. The number of piperazine rings is 1. The summed E-state index contributed by atoms with van der Waals surface area (Å²) in [6, 6.07) is 3.38. The molecule has 7 heteroatoms. The van der Waals surface area contributed by atoms with E-state index in [9.17, 15) is 9.59 Å². The van der Waals surface area contributed by atoms with Gasteiger partial charge in [0.1, 0.15) is 0 Å². The number of amides is 2. The highest BCUT2D eigenvalue weighted by molar-refractivity contribution is 5.98. The molecule has 0 N–H and O–H groups in total. The normalized spacial score (nSPS) is 14.3. The van der Waals surface area contributed by atoms with Gasteiger partial charge in [-0.2, -0.15) is 0 Å². The third-order valence-electron chi connectivity index (χ3n) is 4.79. The van der Waals surface area contributed by atoms with Crippen LogP contribution in [0.2, 0.25) is 0 Å². The first kappa shape index (κ1) is 20.9. The van der Waals surface area contributed by atoms with Crippen molar-refractivity contribution in [3.63, 3.8) is 0 Å². The number of benzene rings is 1. The maximum Gasteiger partial charge on any atom is 0.257 e. The fourth-order valence-corrected chi connectivity index (χ4v) is 3.17. The molecular formula is C20H30N2O5. The highest BCUT2D eigenvalue weighted by Gasteiger charge is 2.28. The summed E-state index contributed by atoms with van der Waals surface area (Å²) in [6.07, 6.45) is 1.45. The zero-order valence-corrected chi connectivity index (χ0v) is 16.9. The number of carbonyl (C=O) groups excluding carboxylic acids is 2. The van der Waals surface area contributed by atoms with Crippen LogP contribution in [0, 0.1) is 5.92 Å². The number of nitrogens with zero attached hydrogens (tertiary/aromatic N) is 2. The summed E-state index contributed by atoms with van der Waals surface area (Å²) in [6.45, 7) is 6.34. The van der Waals surface area contributed by atoms with Crippen LogP contribution in [0.5, 0.6) is 17.2 Å². The minimum Gasteiger partial charge on any atom is -0.493 e. The summed E-state index contributed by atoms with van der Waals surface area (Å²) < 4.78 is 16.0. The molecule has 1 aromatic carbocycles. The van der Waals surface area contributed by atoms with Gasteiger partial charge in [0.15, 0.2) is 11.5 Å². The van der Waals surface area contributed by atoms with Crippen molar-refractivity contribution < 1.29 is 23.8 Å². The molecule has 2 amide bonds. The van der Waals surface area contributed by atoms with E-state index in [2.05, 4.69) is 13.8 Å². The van der Waals surface area contributed by atoms with Crippen LogP contribution in [0.4, 0.5) is 0 Å². The Morgan fingerprint density at radius 1 is 0.926 bits per heavy atom. The molecule has 2 rings (SSSR count). The van der Waals surface area contributed by atoms with Crippen LogP contribution in [-0.2, 0) is 4.79 Å². The average molecular weight is 378 g/mol. The Morgan fingerprint density at radius 2 is 1.52 bits per heavy atom. The van der Waals surface area contributed by atoms with Gasteiger partial charge in [-0.15, -0.1) is 0 Å². The highest BCUT2D eigenvalue weighted by atomic mass is 16.5. The van der Waals surface area contributed by atoms with E-state index in [1.165, 1.54) is 21.3 Å². The largest absolute Gasteiger partial charge is 0.493 e. The van der Waals surface area contributed by atoms with Gasteiger partial charge in [0.05, 0.1) is 26.9 Å². The van der Waals surface area contributed by atoms with Crippen molar-refractivity contribution in [1.29, 1.82) is 0 Å².